The van der Waals surface area contributed by atoms with Gasteiger partial charge in [0.25, 0.3) is 5.91 Å². The number of pyridine rings is 1. The van der Waals surface area contributed by atoms with Gasteiger partial charge in [-0.1, -0.05) is 12.1 Å². The third-order valence-corrected chi connectivity index (χ3v) is 2.52. The molecule has 0 saturated heterocycles. The SMILES string of the molecule is Nc1ccccc1OCCNC(=O)c1ccc(F)cn1. The molecular weight excluding hydrogens is 261 g/mol. The lowest BCUT2D eigenvalue weighted by Gasteiger charge is -2.09. The number of nitrogens with zero attached hydrogens (tertiary/aromatic N) is 1. The van der Waals surface area contributed by atoms with Crippen molar-refractivity contribution in [2.75, 3.05) is 18.9 Å². The van der Waals surface area contributed by atoms with Crippen LogP contribution < -0.4 is 15.8 Å². The fourth-order valence-electron chi connectivity index (χ4n) is 1.54. The molecule has 0 aliphatic heterocycles. The third-order valence-electron chi connectivity index (χ3n) is 2.52. The van der Waals surface area contributed by atoms with Crippen molar-refractivity contribution in [3.05, 3.63) is 54.1 Å². The second kappa shape index (κ2) is 6.51. The fraction of sp³-hybridized carbons (Fsp3) is 0.143. The van der Waals surface area contributed by atoms with E-state index in [0.717, 1.165) is 6.20 Å². The Balaban J connectivity index is 1.77. The molecule has 0 bridgehead atoms. The number of hydrogen-bond acceptors (Lipinski definition) is 4. The Labute approximate surface area is 115 Å². The number of nitrogens with one attached hydrogen (secondary N) is 1. The lowest BCUT2D eigenvalue weighted by Crippen LogP contribution is -2.28. The average Bonchev–Trinajstić information content (AvgIpc) is 2.46. The lowest BCUT2D eigenvalue weighted by molar-refractivity contribution is 0.0942. The Bertz CT molecular complexity index is 587. The van der Waals surface area contributed by atoms with Gasteiger partial charge in [-0.2, -0.15) is 0 Å². The zero-order valence-corrected chi connectivity index (χ0v) is 10.7. The van der Waals surface area contributed by atoms with Crippen LogP contribution in [0.25, 0.3) is 0 Å². The summed E-state index contributed by atoms with van der Waals surface area (Å²) in [5.74, 6) is -0.291. The van der Waals surface area contributed by atoms with Crippen molar-refractivity contribution in [1.82, 2.24) is 10.3 Å². The van der Waals surface area contributed by atoms with Gasteiger partial charge < -0.3 is 15.8 Å². The normalized spacial score (nSPS) is 10.1. The fourth-order valence-corrected chi connectivity index (χ4v) is 1.54. The van der Waals surface area contributed by atoms with Crippen molar-refractivity contribution >= 4 is 11.6 Å². The van der Waals surface area contributed by atoms with E-state index < -0.39 is 5.82 Å². The molecule has 2 rings (SSSR count). The molecule has 0 radical (unpaired) electrons. The van der Waals surface area contributed by atoms with Crippen LogP contribution in [0.4, 0.5) is 10.1 Å². The molecule has 0 spiro atoms. The monoisotopic (exact) mass is 275 g/mol. The smallest absolute Gasteiger partial charge is 0.269 e. The summed E-state index contributed by atoms with van der Waals surface area (Å²) in [5, 5.41) is 2.62. The minimum atomic E-state index is -0.482. The summed E-state index contributed by atoms with van der Waals surface area (Å²) in [7, 11) is 0. The molecule has 104 valence electrons. The summed E-state index contributed by atoms with van der Waals surface area (Å²) in [6, 6.07) is 9.61. The molecule has 1 aromatic heterocycles. The van der Waals surface area contributed by atoms with E-state index in [4.69, 9.17) is 10.5 Å². The van der Waals surface area contributed by atoms with Crippen LogP contribution in [-0.4, -0.2) is 24.0 Å². The van der Waals surface area contributed by atoms with E-state index in [1.54, 1.807) is 12.1 Å². The van der Waals surface area contributed by atoms with Gasteiger partial charge in [0.1, 0.15) is 23.9 Å². The molecule has 0 atom stereocenters. The Hall–Kier alpha value is -2.63. The number of para-hydroxylation sites is 2. The molecule has 0 aliphatic carbocycles. The Morgan fingerprint density at radius 1 is 1.30 bits per heavy atom. The highest BCUT2D eigenvalue weighted by atomic mass is 19.1. The predicted molar refractivity (Wildman–Crippen MR) is 72.9 cm³/mol. The number of ether oxygens (including phenoxy) is 1. The van der Waals surface area contributed by atoms with Crippen LogP contribution in [0, 0.1) is 5.82 Å². The first kappa shape index (κ1) is 13.8. The van der Waals surface area contributed by atoms with Crippen LogP contribution in [0.3, 0.4) is 0 Å². The van der Waals surface area contributed by atoms with Crippen molar-refractivity contribution in [2.24, 2.45) is 0 Å². The van der Waals surface area contributed by atoms with E-state index in [1.807, 2.05) is 12.1 Å². The molecule has 2 aromatic rings. The number of carbonyl (C=O) groups excluding carboxylic acids is 1. The molecule has 1 aromatic carbocycles. The second-order valence-corrected chi connectivity index (χ2v) is 4.00. The molecule has 3 N–H and O–H groups in total. The quantitative estimate of drug-likeness (QED) is 0.642. The van der Waals surface area contributed by atoms with E-state index >= 15 is 0 Å². The summed E-state index contributed by atoms with van der Waals surface area (Å²) in [4.78, 5) is 15.3. The number of hydrogen-bond donors (Lipinski definition) is 2. The van der Waals surface area contributed by atoms with Crippen LogP contribution in [0.1, 0.15) is 10.5 Å². The summed E-state index contributed by atoms with van der Waals surface area (Å²) >= 11 is 0. The summed E-state index contributed by atoms with van der Waals surface area (Å²) in [5.41, 5.74) is 6.41. The van der Waals surface area contributed by atoms with Gasteiger partial charge in [-0.15, -0.1) is 0 Å². The number of amides is 1. The highest BCUT2D eigenvalue weighted by Crippen LogP contribution is 2.19. The highest BCUT2D eigenvalue weighted by molar-refractivity contribution is 5.92. The van der Waals surface area contributed by atoms with Gasteiger partial charge in [-0.25, -0.2) is 9.37 Å². The van der Waals surface area contributed by atoms with Crippen molar-refractivity contribution in [3.8, 4) is 5.75 Å². The van der Waals surface area contributed by atoms with Gasteiger partial charge in [0.05, 0.1) is 18.4 Å². The van der Waals surface area contributed by atoms with Crippen LogP contribution in [0.15, 0.2) is 42.6 Å². The van der Waals surface area contributed by atoms with Crippen LogP contribution in [-0.2, 0) is 0 Å². The Morgan fingerprint density at radius 3 is 2.80 bits per heavy atom. The first-order chi connectivity index (χ1) is 9.66. The zero-order valence-electron chi connectivity index (χ0n) is 10.7. The minimum Gasteiger partial charge on any atom is -0.490 e. The van der Waals surface area contributed by atoms with Gasteiger partial charge in [0.15, 0.2) is 0 Å². The van der Waals surface area contributed by atoms with Gasteiger partial charge in [0.2, 0.25) is 0 Å². The van der Waals surface area contributed by atoms with Crippen molar-refractivity contribution in [3.63, 3.8) is 0 Å². The van der Waals surface area contributed by atoms with Gasteiger partial charge in [-0.3, -0.25) is 4.79 Å². The van der Waals surface area contributed by atoms with Crippen LogP contribution in [0.5, 0.6) is 5.75 Å². The summed E-state index contributed by atoms with van der Waals surface area (Å²) in [6.45, 7) is 0.577. The molecule has 0 aliphatic rings. The zero-order chi connectivity index (χ0) is 14.4. The third kappa shape index (κ3) is 3.68. The topological polar surface area (TPSA) is 77.2 Å². The molecule has 0 saturated carbocycles. The van der Waals surface area contributed by atoms with E-state index in [9.17, 15) is 9.18 Å². The number of rotatable bonds is 5. The number of halogens is 1. The number of nitrogens with two attached hydrogens (primary N) is 1. The van der Waals surface area contributed by atoms with E-state index in [1.165, 1.54) is 12.1 Å². The molecular formula is C14H14FN3O2. The first-order valence-corrected chi connectivity index (χ1v) is 6.04. The number of carbonyl (C=O) groups is 1. The van der Waals surface area contributed by atoms with Crippen molar-refractivity contribution < 1.29 is 13.9 Å². The van der Waals surface area contributed by atoms with Gasteiger partial charge in [-0.05, 0) is 24.3 Å². The number of aromatic nitrogens is 1. The first-order valence-electron chi connectivity index (χ1n) is 6.04. The van der Waals surface area contributed by atoms with Crippen molar-refractivity contribution in [2.45, 2.75) is 0 Å². The summed E-state index contributed by atoms with van der Waals surface area (Å²) < 4.78 is 18.1. The minimum absolute atomic E-state index is 0.158. The van der Waals surface area contributed by atoms with E-state index in [0.29, 0.717) is 18.0 Å². The van der Waals surface area contributed by atoms with E-state index in [2.05, 4.69) is 10.3 Å². The van der Waals surface area contributed by atoms with Gasteiger partial charge >= 0.3 is 0 Å². The maximum Gasteiger partial charge on any atom is 0.269 e. The predicted octanol–water partition coefficient (Wildman–Crippen LogP) is 1.61. The number of benzene rings is 1. The Morgan fingerprint density at radius 2 is 2.10 bits per heavy atom. The maximum atomic E-state index is 12.7. The Kier molecular flexibility index (Phi) is 4.49. The van der Waals surface area contributed by atoms with Crippen molar-refractivity contribution in [1.29, 1.82) is 0 Å². The molecule has 6 heteroatoms. The average molecular weight is 275 g/mol. The molecule has 1 heterocycles. The van der Waals surface area contributed by atoms with E-state index in [-0.39, 0.29) is 18.2 Å². The molecule has 0 fully saturated rings. The summed E-state index contributed by atoms with van der Waals surface area (Å²) in [6.07, 6.45) is 0.996. The molecule has 0 unspecified atom stereocenters. The standard InChI is InChI=1S/C14H14FN3O2/c15-10-5-6-12(18-9-10)14(19)17-7-8-20-13-4-2-1-3-11(13)16/h1-6,9H,7-8,16H2,(H,17,19). The lowest BCUT2D eigenvalue weighted by atomic mass is 10.3. The number of nitrogen functional groups attached to an aromatic ring is 1. The number of anilines is 1. The van der Waals surface area contributed by atoms with Crippen LogP contribution in [0.2, 0.25) is 0 Å². The van der Waals surface area contributed by atoms with Crippen LogP contribution >= 0.6 is 0 Å². The highest BCUT2D eigenvalue weighted by Gasteiger charge is 2.06. The molecule has 20 heavy (non-hydrogen) atoms. The second-order valence-electron chi connectivity index (χ2n) is 4.00. The molecule has 1 amide bonds. The molecule has 5 nitrogen and oxygen atoms in total. The largest absolute Gasteiger partial charge is 0.490 e. The van der Waals surface area contributed by atoms with Gasteiger partial charge in [0, 0.05) is 0 Å². The maximum absolute atomic E-state index is 12.7.